The summed E-state index contributed by atoms with van der Waals surface area (Å²) in [4.78, 5) is 29.9. The lowest BCUT2D eigenvalue weighted by Gasteiger charge is -2.29. The van der Waals surface area contributed by atoms with Crippen molar-refractivity contribution in [3.05, 3.63) is 23.5 Å². The maximum absolute atomic E-state index is 13.2. The Morgan fingerprint density at radius 1 is 1.21 bits per heavy atom. The molecule has 2 aliphatic rings. The van der Waals surface area contributed by atoms with Crippen molar-refractivity contribution in [3.8, 4) is 0 Å². The fraction of sp³-hybridized carbons (Fsp3) is 0.609. The van der Waals surface area contributed by atoms with E-state index in [4.69, 9.17) is 26.0 Å². The third-order valence-corrected chi connectivity index (χ3v) is 5.39. The highest BCUT2D eigenvalue weighted by Crippen LogP contribution is 2.50. The summed E-state index contributed by atoms with van der Waals surface area (Å²) >= 11 is 0. The zero-order valence-electron chi connectivity index (χ0n) is 19.8. The van der Waals surface area contributed by atoms with Gasteiger partial charge in [-0.25, -0.2) is 4.79 Å². The average Bonchev–Trinajstić information content (AvgIpc) is 3.64. The van der Waals surface area contributed by atoms with Crippen molar-refractivity contribution in [2.75, 3.05) is 13.7 Å². The van der Waals surface area contributed by atoms with Crippen molar-refractivity contribution in [3.63, 3.8) is 0 Å². The summed E-state index contributed by atoms with van der Waals surface area (Å²) in [5.41, 5.74) is 5.68. The fourth-order valence-corrected chi connectivity index (χ4v) is 3.67. The molecule has 0 aromatic heterocycles. The number of aliphatic imine (C=N–C) groups is 1. The van der Waals surface area contributed by atoms with Gasteiger partial charge in [0.15, 0.2) is 0 Å². The summed E-state index contributed by atoms with van der Waals surface area (Å²) in [6.45, 7) is 5.40. The Morgan fingerprint density at radius 3 is 2.27 bits per heavy atom. The first-order valence-electron chi connectivity index (χ1n) is 11.1. The Hall–Kier alpha value is -3.17. The van der Waals surface area contributed by atoms with Crippen LogP contribution in [-0.4, -0.2) is 55.6 Å². The van der Waals surface area contributed by atoms with E-state index in [1.807, 2.05) is 0 Å². The highest BCUT2D eigenvalue weighted by molar-refractivity contribution is 5.96. The van der Waals surface area contributed by atoms with Crippen LogP contribution in [0, 0.1) is 28.6 Å². The molecule has 1 atom stereocenters. The second-order valence-electron chi connectivity index (χ2n) is 9.35. The van der Waals surface area contributed by atoms with Crippen molar-refractivity contribution in [2.24, 2.45) is 28.5 Å². The summed E-state index contributed by atoms with van der Waals surface area (Å²) in [5.74, 6) is 0.411. The average molecular weight is 461 g/mol. The van der Waals surface area contributed by atoms with Crippen LogP contribution in [0.5, 0.6) is 0 Å². The van der Waals surface area contributed by atoms with E-state index in [2.05, 4.69) is 15.6 Å². The molecule has 33 heavy (non-hydrogen) atoms. The maximum atomic E-state index is 13.2. The number of hydrogen-bond donors (Lipinski definition) is 5. The second-order valence-corrected chi connectivity index (χ2v) is 9.35. The molecule has 1 unspecified atom stereocenters. The van der Waals surface area contributed by atoms with Crippen LogP contribution < -0.4 is 16.4 Å². The Kier molecular flexibility index (Phi) is 9.19. The number of alkyl carbamates (subject to hydrolysis) is 1. The molecule has 182 valence electrons. The molecule has 0 aromatic rings. The lowest BCUT2D eigenvalue weighted by molar-refractivity contribution is -0.124. The van der Waals surface area contributed by atoms with Crippen molar-refractivity contribution in [1.29, 1.82) is 10.8 Å². The molecule has 0 radical (unpaired) electrons. The van der Waals surface area contributed by atoms with Gasteiger partial charge >= 0.3 is 6.09 Å². The van der Waals surface area contributed by atoms with Crippen molar-refractivity contribution in [2.45, 2.75) is 58.1 Å². The molecule has 0 aromatic carbocycles. The standard InChI is InChI=1S/C23H36N6O4/c1-23(2,3)33-22(31)29-19(18(14-5-6-14)15-7-8-15)21(30)28-17(11-25)13-27-12-16(9-10-24)20(26)32-4/h9-11,13-15,18-19,24,26H,5-8,12,25H2,1-4H3,(H,28,30)(H,29,31)/b16-9-,17-11+,24-10?,26-20?,27-13?. The van der Waals surface area contributed by atoms with E-state index in [1.54, 1.807) is 20.8 Å². The first-order valence-corrected chi connectivity index (χ1v) is 11.1. The quantitative estimate of drug-likeness (QED) is 0.236. The lowest BCUT2D eigenvalue weighted by atomic mass is 9.88. The SMILES string of the molecule is COC(=N)/C(=C\C=N)CN=C/C(=C\N)NC(=O)C(NC(=O)OC(C)(C)C)C(C1CC1)C1CC1. The monoisotopic (exact) mass is 460 g/mol. The molecule has 0 heterocycles. The van der Waals surface area contributed by atoms with Crippen molar-refractivity contribution < 1.29 is 19.1 Å². The number of carbonyl (C=O) groups excluding carboxylic acids is 2. The number of allylic oxidation sites excluding steroid dienone is 2. The van der Waals surface area contributed by atoms with E-state index in [-0.39, 0.29) is 30.0 Å². The van der Waals surface area contributed by atoms with Crippen LogP contribution in [0.4, 0.5) is 4.79 Å². The van der Waals surface area contributed by atoms with Crippen LogP contribution in [0.15, 0.2) is 28.5 Å². The van der Waals surface area contributed by atoms with Crippen LogP contribution in [0.25, 0.3) is 0 Å². The van der Waals surface area contributed by atoms with E-state index in [1.165, 1.54) is 25.6 Å². The predicted molar refractivity (Wildman–Crippen MR) is 127 cm³/mol. The number of rotatable bonds is 11. The summed E-state index contributed by atoms with van der Waals surface area (Å²) in [5, 5.41) is 20.5. The molecule has 2 rings (SSSR count). The van der Waals surface area contributed by atoms with Crippen LogP contribution in [-0.2, 0) is 14.3 Å². The van der Waals surface area contributed by atoms with Crippen molar-refractivity contribution >= 4 is 30.3 Å². The van der Waals surface area contributed by atoms with E-state index in [0.717, 1.165) is 31.9 Å². The zero-order valence-corrected chi connectivity index (χ0v) is 19.8. The van der Waals surface area contributed by atoms with Gasteiger partial charge in [0.05, 0.1) is 19.4 Å². The van der Waals surface area contributed by atoms with Gasteiger partial charge in [-0.05, 0) is 70.3 Å². The van der Waals surface area contributed by atoms with E-state index >= 15 is 0 Å². The number of hydrogen-bond acceptors (Lipinski definition) is 8. The topological polar surface area (TPSA) is 163 Å². The van der Waals surface area contributed by atoms with Gasteiger partial charge in [0.1, 0.15) is 11.6 Å². The van der Waals surface area contributed by atoms with Gasteiger partial charge in [-0.15, -0.1) is 0 Å². The predicted octanol–water partition coefficient (Wildman–Crippen LogP) is 2.50. The summed E-state index contributed by atoms with van der Waals surface area (Å²) in [6, 6.07) is -0.738. The van der Waals surface area contributed by atoms with Crippen molar-refractivity contribution in [1.82, 2.24) is 10.6 Å². The third-order valence-electron chi connectivity index (χ3n) is 5.39. The van der Waals surface area contributed by atoms with E-state index < -0.39 is 17.7 Å². The smallest absolute Gasteiger partial charge is 0.408 e. The molecule has 2 saturated carbocycles. The molecule has 2 amide bonds. The van der Waals surface area contributed by atoms with Crippen LogP contribution in [0.3, 0.4) is 0 Å². The minimum absolute atomic E-state index is 0.0535. The minimum Gasteiger partial charge on any atom is -0.481 e. The Balaban J connectivity index is 2.10. The lowest BCUT2D eigenvalue weighted by Crippen LogP contribution is -2.53. The first kappa shape index (κ1) is 26.1. The zero-order chi connectivity index (χ0) is 24.6. The van der Waals surface area contributed by atoms with Gasteiger partial charge in [-0.2, -0.15) is 0 Å². The van der Waals surface area contributed by atoms with Gasteiger partial charge in [0, 0.05) is 24.2 Å². The Morgan fingerprint density at radius 2 is 1.82 bits per heavy atom. The molecule has 10 nitrogen and oxygen atoms in total. The van der Waals surface area contributed by atoms with E-state index in [9.17, 15) is 9.59 Å². The summed E-state index contributed by atoms with van der Waals surface area (Å²) in [6.07, 6.45) is 8.63. The van der Waals surface area contributed by atoms with E-state index in [0.29, 0.717) is 17.4 Å². The fourth-order valence-electron chi connectivity index (χ4n) is 3.67. The molecular formula is C23H36N6O4. The number of nitrogens with two attached hydrogens (primary N) is 1. The summed E-state index contributed by atoms with van der Waals surface area (Å²) < 4.78 is 10.3. The number of carbonyl (C=O) groups is 2. The molecule has 0 bridgehead atoms. The van der Waals surface area contributed by atoms with Gasteiger partial charge in [0.25, 0.3) is 0 Å². The Bertz CT molecular complexity index is 822. The number of ether oxygens (including phenoxy) is 2. The molecule has 10 heteroatoms. The first-order chi connectivity index (χ1) is 15.6. The van der Waals surface area contributed by atoms with Crippen LogP contribution >= 0.6 is 0 Å². The second kappa shape index (κ2) is 11.6. The summed E-state index contributed by atoms with van der Waals surface area (Å²) in [7, 11) is 1.36. The molecule has 2 aliphatic carbocycles. The van der Waals surface area contributed by atoms with Gasteiger partial charge in [-0.1, -0.05) is 0 Å². The molecule has 2 fully saturated rings. The highest BCUT2D eigenvalue weighted by atomic mass is 16.6. The number of nitrogens with one attached hydrogen (secondary N) is 4. The van der Waals surface area contributed by atoms with Gasteiger partial charge in [-0.3, -0.25) is 15.2 Å². The molecule has 0 aliphatic heterocycles. The molecule has 0 spiro atoms. The molecule has 6 N–H and O–H groups in total. The van der Waals surface area contributed by atoms with Crippen LogP contribution in [0.1, 0.15) is 46.5 Å². The van der Waals surface area contributed by atoms with Gasteiger partial charge in [0.2, 0.25) is 11.8 Å². The number of amides is 2. The molecule has 0 saturated heterocycles. The van der Waals surface area contributed by atoms with Gasteiger partial charge < -0.3 is 31.3 Å². The normalized spacial score (nSPS) is 18.1. The van der Waals surface area contributed by atoms with Crippen LogP contribution in [0.2, 0.25) is 0 Å². The largest absolute Gasteiger partial charge is 0.481 e. The molecular weight excluding hydrogens is 424 g/mol. The third kappa shape index (κ3) is 8.70. The maximum Gasteiger partial charge on any atom is 0.408 e. The Labute approximate surface area is 195 Å². The number of methoxy groups -OCH3 is 1. The minimum atomic E-state index is -0.738. The highest BCUT2D eigenvalue weighted by Gasteiger charge is 2.48. The number of nitrogens with zero attached hydrogens (tertiary/aromatic N) is 1.